The minimum atomic E-state index is -3.69. The molecule has 1 N–H and O–H groups in total. The van der Waals surface area contributed by atoms with Crippen LogP contribution in [0.15, 0.2) is 96.4 Å². The lowest BCUT2D eigenvalue weighted by atomic mass is 10.1. The van der Waals surface area contributed by atoms with E-state index in [9.17, 15) is 8.42 Å². The molecule has 6 heteroatoms. The Morgan fingerprint density at radius 3 is 2.55 bits per heavy atom. The first-order valence-corrected chi connectivity index (χ1v) is 10.8. The van der Waals surface area contributed by atoms with Gasteiger partial charge in [0.1, 0.15) is 23.4 Å². The quantitative estimate of drug-likeness (QED) is 0.610. The number of nitrogens with one attached hydrogen (secondary N) is 1. The normalized spacial score (nSPS) is 17.7. The zero-order valence-corrected chi connectivity index (χ0v) is 16.7. The van der Waals surface area contributed by atoms with Crippen molar-refractivity contribution in [3.63, 3.8) is 0 Å². The number of rotatable bonds is 6. The third-order valence-electron chi connectivity index (χ3n) is 4.78. The van der Waals surface area contributed by atoms with Gasteiger partial charge in [0.15, 0.2) is 0 Å². The summed E-state index contributed by atoms with van der Waals surface area (Å²) in [6.45, 7) is 4.31. The predicted octanol–water partition coefficient (Wildman–Crippen LogP) is 4.57. The van der Waals surface area contributed by atoms with Gasteiger partial charge in [-0.1, -0.05) is 67.3 Å². The summed E-state index contributed by atoms with van der Waals surface area (Å²) in [5, 5.41) is 3.39. The minimum Gasteiger partial charge on any atom is -0.490 e. The van der Waals surface area contributed by atoms with E-state index in [1.165, 1.54) is 4.31 Å². The highest BCUT2D eigenvalue weighted by Gasteiger charge is 2.38. The SMILES string of the molecule is C=CCOc1cccc(C2Nc3ccccc3S(=O)(=O)N2Cc2ccccc2)c1. The zero-order valence-electron chi connectivity index (χ0n) is 15.9. The Balaban J connectivity index is 1.78. The Hall–Kier alpha value is -3.09. The van der Waals surface area contributed by atoms with Gasteiger partial charge in [0.25, 0.3) is 0 Å². The van der Waals surface area contributed by atoms with Gasteiger partial charge in [-0.15, -0.1) is 0 Å². The molecule has 1 atom stereocenters. The van der Waals surface area contributed by atoms with E-state index in [4.69, 9.17) is 4.74 Å². The van der Waals surface area contributed by atoms with Crippen molar-refractivity contribution in [3.8, 4) is 5.75 Å². The highest BCUT2D eigenvalue weighted by molar-refractivity contribution is 7.89. The molecular weight excluding hydrogens is 384 g/mol. The van der Waals surface area contributed by atoms with Gasteiger partial charge in [0, 0.05) is 6.54 Å². The van der Waals surface area contributed by atoms with Crippen LogP contribution < -0.4 is 10.1 Å². The van der Waals surface area contributed by atoms with E-state index >= 15 is 0 Å². The average Bonchev–Trinajstić information content (AvgIpc) is 2.75. The second-order valence-electron chi connectivity index (χ2n) is 6.75. The molecule has 3 aromatic rings. The first-order chi connectivity index (χ1) is 14.1. The number of hydrogen-bond donors (Lipinski definition) is 1. The maximum atomic E-state index is 13.5. The topological polar surface area (TPSA) is 58.6 Å². The van der Waals surface area contributed by atoms with Crippen LogP contribution >= 0.6 is 0 Å². The van der Waals surface area contributed by atoms with Gasteiger partial charge in [-0.05, 0) is 35.4 Å². The van der Waals surface area contributed by atoms with Crippen LogP contribution in [0.2, 0.25) is 0 Å². The van der Waals surface area contributed by atoms with Crippen LogP contribution in [0, 0.1) is 0 Å². The standard InChI is InChI=1S/C23H22N2O3S/c1-2-15-28-20-12-8-11-19(16-20)23-24-21-13-6-7-14-22(21)29(26,27)25(23)17-18-9-4-3-5-10-18/h2-14,16,23-24H,1,15,17H2. The van der Waals surface area contributed by atoms with Gasteiger partial charge in [0.2, 0.25) is 10.0 Å². The maximum Gasteiger partial charge on any atom is 0.247 e. The molecule has 0 saturated heterocycles. The number of benzene rings is 3. The molecular formula is C23H22N2O3S. The third-order valence-corrected chi connectivity index (χ3v) is 6.65. The first-order valence-electron chi connectivity index (χ1n) is 9.34. The lowest BCUT2D eigenvalue weighted by Crippen LogP contribution is -2.42. The van der Waals surface area contributed by atoms with Crippen molar-refractivity contribution < 1.29 is 13.2 Å². The van der Waals surface area contributed by atoms with Gasteiger partial charge in [-0.2, -0.15) is 4.31 Å². The molecule has 0 spiro atoms. The van der Waals surface area contributed by atoms with Crippen molar-refractivity contribution in [1.29, 1.82) is 0 Å². The molecule has 1 heterocycles. The Labute approximate surface area is 171 Å². The Kier molecular flexibility index (Phi) is 5.38. The van der Waals surface area contributed by atoms with Crippen molar-refractivity contribution in [1.82, 2.24) is 4.31 Å². The highest BCUT2D eigenvalue weighted by Crippen LogP contribution is 2.39. The van der Waals surface area contributed by atoms with Crippen molar-refractivity contribution in [3.05, 3.63) is 103 Å². The Morgan fingerprint density at radius 2 is 1.76 bits per heavy atom. The Bertz CT molecular complexity index is 1110. The number of ether oxygens (including phenoxy) is 1. The zero-order chi connectivity index (χ0) is 20.3. The molecule has 0 fully saturated rings. The van der Waals surface area contributed by atoms with E-state index in [1.807, 2.05) is 60.7 Å². The smallest absolute Gasteiger partial charge is 0.247 e. The van der Waals surface area contributed by atoms with E-state index in [1.54, 1.807) is 24.3 Å². The number of fused-ring (bicyclic) bond motifs is 1. The van der Waals surface area contributed by atoms with Crippen molar-refractivity contribution in [2.24, 2.45) is 0 Å². The van der Waals surface area contributed by atoms with Gasteiger partial charge < -0.3 is 10.1 Å². The molecule has 1 aliphatic rings. The fourth-order valence-electron chi connectivity index (χ4n) is 3.41. The molecule has 29 heavy (non-hydrogen) atoms. The third kappa shape index (κ3) is 3.90. The van der Waals surface area contributed by atoms with Crippen LogP contribution in [0.3, 0.4) is 0 Å². The summed E-state index contributed by atoms with van der Waals surface area (Å²) in [6.07, 6.45) is 1.12. The summed E-state index contributed by atoms with van der Waals surface area (Å²) < 4.78 is 34.1. The summed E-state index contributed by atoms with van der Waals surface area (Å²) in [7, 11) is -3.69. The molecule has 0 amide bonds. The van der Waals surface area contributed by atoms with Gasteiger partial charge in [0.05, 0.1) is 5.69 Å². The largest absolute Gasteiger partial charge is 0.490 e. The molecule has 0 bridgehead atoms. The molecule has 148 valence electrons. The van der Waals surface area contributed by atoms with Crippen LogP contribution in [-0.4, -0.2) is 19.3 Å². The van der Waals surface area contributed by atoms with Crippen LogP contribution in [0.4, 0.5) is 5.69 Å². The summed E-state index contributed by atoms with van der Waals surface area (Å²) in [5.74, 6) is 0.667. The van der Waals surface area contributed by atoms with E-state index in [-0.39, 0.29) is 11.4 Å². The summed E-state index contributed by atoms with van der Waals surface area (Å²) >= 11 is 0. The van der Waals surface area contributed by atoms with Gasteiger partial charge in [-0.3, -0.25) is 0 Å². The summed E-state index contributed by atoms with van der Waals surface area (Å²) in [4.78, 5) is 0.284. The lowest BCUT2D eigenvalue weighted by molar-refractivity contribution is 0.332. The van der Waals surface area contributed by atoms with Crippen molar-refractivity contribution >= 4 is 15.7 Å². The minimum absolute atomic E-state index is 0.257. The fourth-order valence-corrected chi connectivity index (χ4v) is 5.09. The number of hydrogen-bond acceptors (Lipinski definition) is 4. The average molecular weight is 407 g/mol. The van der Waals surface area contributed by atoms with Gasteiger partial charge in [-0.25, -0.2) is 8.42 Å². The predicted molar refractivity (Wildman–Crippen MR) is 114 cm³/mol. The second kappa shape index (κ2) is 8.11. The van der Waals surface area contributed by atoms with Crippen LogP contribution in [0.1, 0.15) is 17.3 Å². The molecule has 1 unspecified atom stereocenters. The Morgan fingerprint density at radius 1 is 1.00 bits per heavy atom. The molecule has 0 aromatic heterocycles. The van der Waals surface area contributed by atoms with Crippen LogP contribution in [0.5, 0.6) is 5.75 Å². The summed E-state index contributed by atoms with van der Waals surface area (Å²) in [6, 6.07) is 24.1. The molecule has 0 saturated carbocycles. The van der Waals surface area contributed by atoms with E-state index in [0.29, 0.717) is 18.0 Å². The maximum absolute atomic E-state index is 13.5. The molecule has 3 aromatic carbocycles. The van der Waals surface area contributed by atoms with Crippen molar-refractivity contribution in [2.75, 3.05) is 11.9 Å². The van der Waals surface area contributed by atoms with Gasteiger partial charge >= 0.3 is 0 Å². The fraction of sp³-hybridized carbons (Fsp3) is 0.130. The van der Waals surface area contributed by atoms with Crippen LogP contribution in [0.25, 0.3) is 0 Å². The summed E-state index contributed by atoms with van der Waals surface area (Å²) in [5.41, 5.74) is 2.32. The van der Waals surface area contributed by atoms with E-state index in [0.717, 1.165) is 11.1 Å². The molecule has 1 aliphatic heterocycles. The molecule has 0 aliphatic carbocycles. The number of anilines is 1. The molecule has 5 nitrogen and oxygen atoms in total. The number of nitrogens with zero attached hydrogens (tertiary/aromatic N) is 1. The number of para-hydroxylation sites is 1. The molecule has 0 radical (unpaired) electrons. The van der Waals surface area contributed by atoms with Crippen molar-refractivity contribution in [2.45, 2.75) is 17.6 Å². The number of sulfonamides is 1. The molecule has 4 rings (SSSR count). The monoisotopic (exact) mass is 406 g/mol. The van der Waals surface area contributed by atoms with E-state index in [2.05, 4.69) is 11.9 Å². The lowest BCUT2D eigenvalue weighted by Gasteiger charge is -2.37. The van der Waals surface area contributed by atoms with E-state index < -0.39 is 16.2 Å². The highest BCUT2D eigenvalue weighted by atomic mass is 32.2. The van der Waals surface area contributed by atoms with Crippen LogP contribution in [-0.2, 0) is 16.6 Å². The second-order valence-corrected chi connectivity index (χ2v) is 8.61. The first kappa shape index (κ1) is 19.2.